The lowest BCUT2D eigenvalue weighted by Crippen LogP contribution is -2.44. The fourth-order valence-electron chi connectivity index (χ4n) is 2.65. The first-order chi connectivity index (χ1) is 13.8. The highest BCUT2D eigenvalue weighted by Crippen LogP contribution is 2.30. The summed E-state index contributed by atoms with van der Waals surface area (Å²) in [6.45, 7) is 4.60. The van der Waals surface area contributed by atoms with Gasteiger partial charge < -0.3 is 10.1 Å². The van der Waals surface area contributed by atoms with Crippen LogP contribution < -0.4 is 5.32 Å². The predicted molar refractivity (Wildman–Crippen MR) is 102 cm³/mol. The summed E-state index contributed by atoms with van der Waals surface area (Å²) in [5.41, 5.74) is -5.35. The molecule has 3 rings (SSSR count). The first kappa shape index (κ1) is 22.5. The van der Waals surface area contributed by atoms with Gasteiger partial charge in [-0.15, -0.1) is 11.3 Å². The summed E-state index contributed by atoms with van der Waals surface area (Å²) >= 11 is 1.34. The second-order valence-corrected chi connectivity index (χ2v) is 10.4. The number of ether oxygens (including phenoxy) is 1. The highest BCUT2D eigenvalue weighted by Gasteiger charge is 2.50. The van der Waals surface area contributed by atoms with Gasteiger partial charge in [0.1, 0.15) is 11.4 Å². The topological polar surface area (TPSA) is 106 Å². The van der Waals surface area contributed by atoms with Gasteiger partial charge in [-0.2, -0.15) is 22.6 Å². The Balaban J connectivity index is 1.68. The first-order valence-corrected chi connectivity index (χ1v) is 11.1. The van der Waals surface area contributed by atoms with Crippen LogP contribution in [0.3, 0.4) is 0 Å². The lowest BCUT2D eigenvalue weighted by atomic mass is 10.2. The van der Waals surface area contributed by atoms with Crippen LogP contribution in [-0.2, 0) is 34.4 Å². The standard InChI is InChI=1S/C16H20F3N5O4S2/c1-15(2,3)28-14(25)20-7-11-6-10(9-29-11)13-21-12-8-23(4-5-24(12)22-13)30(26,27)16(17,18)19/h6,9H,4-5,7-8H2,1-3H3,(H,20,25). The highest BCUT2D eigenvalue weighted by atomic mass is 32.2. The number of thiophene rings is 1. The molecule has 1 aliphatic heterocycles. The van der Waals surface area contributed by atoms with Crippen molar-refractivity contribution in [3.05, 3.63) is 22.1 Å². The molecular formula is C16H20F3N5O4S2. The van der Waals surface area contributed by atoms with Gasteiger partial charge in [-0.05, 0) is 26.8 Å². The molecule has 0 aliphatic carbocycles. The molecule has 3 heterocycles. The lowest BCUT2D eigenvalue weighted by molar-refractivity contribution is -0.0496. The van der Waals surface area contributed by atoms with Gasteiger partial charge >= 0.3 is 21.6 Å². The third kappa shape index (κ3) is 4.92. The number of nitrogens with one attached hydrogen (secondary N) is 1. The zero-order chi connectivity index (χ0) is 22.3. The Morgan fingerprint density at radius 3 is 2.63 bits per heavy atom. The van der Waals surface area contributed by atoms with Gasteiger partial charge in [0.05, 0.1) is 19.6 Å². The molecule has 1 N–H and O–H groups in total. The largest absolute Gasteiger partial charge is 0.511 e. The molecule has 0 spiro atoms. The van der Waals surface area contributed by atoms with Gasteiger partial charge in [-0.1, -0.05) is 0 Å². The Morgan fingerprint density at radius 2 is 2.00 bits per heavy atom. The number of halogens is 3. The zero-order valence-electron chi connectivity index (χ0n) is 16.4. The monoisotopic (exact) mass is 467 g/mol. The number of alkyl halides is 3. The molecule has 14 heteroatoms. The van der Waals surface area contributed by atoms with E-state index in [9.17, 15) is 26.4 Å². The molecule has 0 fully saturated rings. The Morgan fingerprint density at radius 1 is 1.30 bits per heavy atom. The number of carbonyl (C=O) groups excluding carboxylic acids is 1. The van der Waals surface area contributed by atoms with Crippen molar-refractivity contribution in [2.24, 2.45) is 0 Å². The van der Waals surface area contributed by atoms with Crippen molar-refractivity contribution in [3.63, 3.8) is 0 Å². The van der Waals surface area contributed by atoms with Crippen LogP contribution in [0.25, 0.3) is 11.4 Å². The third-order valence-electron chi connectivity index (χ3n) is 3.98. The maximum atomic E-state index is 12.8. The van der Waals surface area contributed by atoms with Crippen molar-refractivity contribution in [1.29, 1.82) is 0 Å². The molecule has 0 atom stereocenters. The minimum absolute atomic E-state index is 0.0329. The number of sulfonamides is 1. The molecule has 1 amide bonds. The maximum absolute atomic E-state index is 12.8. The second kappa shape index (κ2) is 7.81. The van der Waals surface area contributed by atoms with Crippen molar-refractivity contribution < 1.29 is 31.1 Å². The van der Waals surface area contributed by atoms with Gasteiger partial charge in [-0.25, -0.2) is 22.9 Å². The Kier molecular flexibility index (Phi) is 5.86. The Hall–Kier alpha value is -2.19. The summed E-state index contributed by atoms with van der Waals surface area (Å²) in [5.74, 6) is 0.403. The first-order valence-electron chi connectivity index (χ1n) is 8.81. The summed E-state index contributed by atoms with van der Waals surface area (Å²) in [6, 6.07) is 1.74. The van der Waals surface area contributed by atoms with E-state index in [2.05, 4.69) is 15.4 Å². The van der Waals surface area contributed by atoms with E-state index in [0.717, 1.165) is 4.88 Å². The molecule has 0 radical (unpaired) electrons. The van der Waals surface area contributed by atoms with E-state index in [1.54, 1.807) is 32.2 Å². The molecule has 0 saturated carbocycles. The number of aromatic nitrogens is 3. The summed E-state index contributed by atoms with van der Waals surface area (Å²) in [7, 11) is -5.42. The predicted octanol–water partition coefficient (Wildman–Crippen LogP) is 2.70. The van der Waals surface area contributed by atoms with E-state index in [1.807, 2.05) is 0 Å². The normalized spacial score (nSPS) is 15.7. The molecule has 1 aliphatic rings. The average molecular weight is 467 g/mol. The van der Waals surface area contributed by atoms with Gasteiger partial charge in [0.25, 0.3) is 0 Å². The average Bonchev–Trinajstić information content (AvgIpc) is 3.23. The van der Waals surface area contributed by atoms with Crippen LogP contribution in [0.2, 0.25) is 0 Å². The van der Waals surface area contributed by atoms with Crippen molar-refractivity contribution in [2.75, 3.05) is 6.54 Å². The van der Waals surface area contributed by atoms with Crippen LogP contribution >= 0.6 is 11.3 Å². The van der Waals surface area contributed by atoms with E-state index >= 15 is 0 Å². The van der Waals surface area contributed by atoms with E-state index < -0.39 is 33.8 Å². The molecule has 0 aromatic carbocycles. The van der Waals surface area contributed by atoms with Crippen LogP contribution in [0.1, 0.15) is 31.5 Å². The minimum atomic E-state index is -5.42. The third-order valence-corrected chi connectivity index (χ3v) is 6.49. The number of alkyl carbamates (subject to hydrolysis) is 1. The summed E-state index contributed by atoms with van der Waals surface area (Å²) in [4.78, 5) is 16.7. The molecule has 2 aromatic heterocycles. The van der Waals surface area contributed by atoms with Crippen molar-refractivity contribution in [1.82, 2.24) is 24.4 Å². The number of rotatable bonds is 4. The smallest absolute Gasteiger partial charge is 0.444 e. The fraction of sp³-hybridized carbons (Fsp3) is 0.562. The molecule has 166 valence electrons. The van der Waals surface area contributed by atoms with Gasteiger partial charge in [0.2, 0.25) is 0 Å². The SMILES string of the molecule is CC(C)(C)OC(=O)NCc1cc(-c2nc3n(n2)CCN(S(=O)(=O)C(F)(F)F)C3)cs1. The van der Waals surface area contributed by atoms with Crippen LogP contribution in [-0.4, -0.2) is 51.2 Å². The lowest BCUT2D eigenvalue weighted by Gasteiger charge is -2.26. The van der Waals surface area contributed by atoms with Crippen LogP contribution in [0.4, 0.5) is 18.0 Å². The van der Waals surface area contributed by atoms with Crippen molar-refractivity contribution in [3.8, 4) is 11.4 Å². The maximum Gasteiger partial charge on any atom is 0.511 e. The molecule has 30 heavy (non-hydrogen) atoms. The van der Waals surface area contributed by atoms with E-state index in [1.165, 1.54) is 16.0 Å². The van der Waals surface area contributed by atoms with Crippen molar-refractivity contribution in [2.45, 2.75) is 51.5 Å². The highest BCUT2D eigenvalue weighted by molar-refractivity contribution is 7.89. The van der Waals surface area contributed by atoms with Gasteiger partial charge in [0, 0.05) is 22.4 Å². The molecule has 9 nitrogen and oxygen atoms in total. The summed E-state index contributed by atoms with van der Waals surface area (Å²) < 4.78 is 68.5. The Bertz CT molecular complexity index is 1040. The van der Waals surface area contributed by atoms with Gasteiger partial charge in [0.15, 0.2) is 5.82 Å². The quantitative estimate of drug-likeness (QED) is 0.741. The summed E-state index contributed by atoms with van der Waals surface area (Å²) in [6.07, 6.45) is -0.556. The molecular weight excluding hydrogens is 447 g/mol. The number of carbonyl (C=O) groups is 1. The molecule has 0 saturated heterocycles. The number of hydrogen-bond acceptors (Lipinski definition) is 7. The van der Waals surface area contributed by atoms with Crippen LogP contribution in [0, 0.1) is 0 Å². The molecule has 2 aromatic rings. The second-order valence-electron chi connectivity index (χ2n) is 7.52. The fourth-order valence-corrected chi connectivity index (χ4v) is 4.35. The number of fused-ring (bicyclic) bond motifs is 1. The van der Waals surface area contributed by atoms with Crippen LogP contribution in [0.5, 0.6) is 0 Å². The van der Waals surface area contributed by atoms with E-state index in [4.69, 9.17) is 4.74 Å². The Labute approximate surface area is 174 Å². The number of nitrogens with zero attached hydrogens (tertiary/aromatic N) is 4. The minimum Gasteiger partial charge on any atom is -0.444 e. The molecule has 0 bridgehead atoms. The molecule has 0 unspecified atom stereocenters. The van der Waals surface area contributed by atoms with E-state index in [0.29, 0.717) is 9.87 Å². The number of amides is 1. The van der Waals surface area contributed by atoms with E-state index in [-0.39, 0.29) is 31.3 Å². The van der Waals surface area contributed by atoms with Crippen LogP contribution in [0.15, 0.2) is 11.4 Å². The zero-order valence-corrected chi connectivity index (χ0v) is 18.0. The number of hydrogen-bond donors (Lipinski definition) is 1. The van der Waals surface area contributed by atoms with Gasteiger partial charge in [-0.3, -0.25) is 0 Å². The van der Waals surface area contributed by atoms with Crippen molar-refractivity contribution >= 4 is 27.5 Å². The summed E-state index contributed by atoms with van der Waals surface area (Å²) in [5, 5.41) is 8.63.